The molecular formula is C9H15N3O. The van der Waals surface area contributed by atoms with Crippen LogP contribution in [-0.4, -0.2) is 20.1 Å². The number of hydrogen-bond acceptors (Lipinski definition) is 3. The second-order valence-electron chi connectivity index (χ2n) is 3.83. The van der Waals surface area contributed by atoms with Gasteiger partial charge in [0, 0.05) is 7.05 Å². The number of rotatable bonds is 3. The van der Waals surface area contributed by atoms with Crippen LogP contribution in [0.1, 0.15) is 31.9 Å². The second kappa shape index (κ2) is 2.80. The predicted octanol–water partition coefficient (Wildman–Crippen LogP) is 0.823. The monoisotopic (exact) mass is 181 g/mol. The molecule has 1 heterocycles. The highest BCUT2D eigenvalue weighted by molar-refractivity contribution is 5.18. The first-order chi connectivity index (χ1) is 6.16. The fourth-order valence-corrected chi connectivity index (χ4v) is 1.86. The van der Waals surface area contributed by atoms with Gasteiger partial charge in [-0.2, -0.15) is 15.0 Å². The molecule has 2 atom stereocenters. The highest BCUT2D eigenvalue weighted by Crippen LogP contribution is 2.53. The molecule has 2 rings (SSSR count). The number of hydrogen-bond donors (Lipinski definition) is 1. The van der Waals surface area contributed by atoms with Crippen LogP contribution in [0.15, 0.2) is 6.20 Å². The average Bonchev–Trinajstić information content (AvgIpc) is 2.57. The smallest absolute Gasteiger partial charge is 0.115 e. The fourth-order valence-electron chi connectivity index (χ4n) is 1.86. The van der Waals surface area contributed by atoms with Crippen LogP contribution in [0.25, 0.3) is 0 Å². The molecular weight excluding hydrogens is 166 g/mol. The van der Waals surface area contributed by atoms with E-state index in [1.165, 1.54) is 4.80 Å². The van der Waals surface area contributed by atoms with Gasteiger partial charge in [0.05, 0.1) is 6.20 Å². The summed E-state index contributed by atoms with van der Waals surface area (Å²) in [5.41, 5.74) is 0.0676. The molecule has 2 unspecified atom stereocenters. The zero-order valence-electron chi connectivity index (χ0n) is 8.06. The van der Waals surface area contributed by atoms with Crippen molar-refractivity contribution in [1.82, 2.24) is 15.0 Å². The standard InChI is InChI=1S/C9H15N3O/c1-3-4-7-5-9(7,13)8-6-10-12(2)11-8/h6-7,13H,3-5H2,1-2H3. The van der Waals surface area contributed by atoms with E-state index < -0.39 is 5.60 Å². The lowest BCUT2D eigenvalue weighted by Crippen LogP contribution is -2.10. The van der Waals surface area contributed by atoms with E-state index in [0.717, 1.165) is 25.0 Å². The highest BCUT2D eigenvalue weighted by atomic mass is 16.3. The second-order valence-corrected chi connectivity index (χ2v) is 3.83. The number of aromatic nitrogens is 3. The lowest BCUT2D eigenvalue weighted by atomic mass is 10.1. The molecule has 1 N–H and O–H groups in total. The molecule has 0 amide bonds. The maximum Gasteiger partial charge on any atom is 0.115 e. The van der Waals surface area contributed by atoms with Crippen molar-refractivity contribution in [2.45, 2.75) is 31.8 Å². The summed E-state index contributed by atoms with van der Waals surface area (Å²) in [6, 6.07) is 0. The third-order valence-corrected chi connectivity index (χ3v) is 2.75. The van der Waals surface area contributed by atoms with Crippen molar-refractivity contribution in [2.75, 3.05) is 0 Å². The van der Waals surface area contributed by atoms with Gasteiger partial charge in [-0.15, -0.1) is 0 Å². The maximum atomic E-state index is 10.1. The molecule has 0 spiro atoms. The minimum absolute atomic E-state index is 0.397. The Balaban J connectivity index is 2.11. The van der Waals surface area contributed by atoms with Crippen LogP contribution in [0.4, 0.5) is 0 Å². The summed E-state index contributed by atoms with van der Waals surface area (Å²) in [7, 11) is 1.77. The Kier molecular flexibility index (Phi) is 1.87. The Morgan fingerprint density at radius 1 is 1.77 bits per heavy atom. The highest BCUT2D eigenvalue weighted by Gasteiger charge is 2.55. The van der Waals surface area contributed by atoms with Gasteiger partial charge in [0.2, 0.25) is 0 Å². The minimum atomic E-state index is -0.662. The van der Waals surface area contributed by atoms with Crippen molar-refractivity contribution in [3.63, 3.8) is 0 Å². The molecule has 72 valence electrons. The van der Waals surface area contributed by atoms with Crippen molar-refractivity contribution in [1.29, 1.82) is 0 Å². The van der Waals surface area contributed by atoms with Crippen molar-refractivity contribution in [3.05, 3.63) is 11.9 Å². The molecule has 1 saturated carbocycles. The quantitative estimate of drug-likeness (QED) is 0.751. The van der Waals surface area contributed by atoms with Gasteiger partial charge < -0.3 is 5.11 Å². The third-order valence-electron chi connectivity index (χ3n) is 2.75. The summed E-state index contributed by atoms with van der Waals surface area (Å²) in [6.45, 7) is 2.13. The molecule has 1 aliphatic rings. The summed E-state index contributed by atoms with van der Waals surface area (Å²) in [5.74, 6) is 0.397. The summed E-state index contributed by atoms with van der Waals surface area (Å²) in [4.78, 5) is 1.49. The molecule has 4 nitrogen and oxygen atoms in total. The summed E-state index contributed by atoms with van der Waals surface area (Å²) >= 11 is 0. The van der Waals surface area contributed by atoms with Crippen LogP contribution in [0, 0.1) is 5.92 Å². The zero-order valence-corrected chi connectivity index (χ0v) is 8.06. The molecule has 4 heteroatoms. The van der Waals surface area contributed by atoms with Gasteiger partial charge in [0.1, 0.15) is 11.3 Å². The summed E-state index contributed by atoms with van der Waals surface area (Å²) in [5, 5.41) is 18.2. The maximum absolute atomic E-state index is 10.1. The van der Waals surface area contributed by atoms with Gasteiger partial charge >= 0.3 is 0 Å². The van der Waals surface area contributed by atoms with E-state index >= 15 is 0 Å². The van der Waals surface area contributed by atoms with Crippen LogP contribution >= 0.6 is 0 Å². The van der Waals surface area contributed by atoms with Gasteiger partial charge in [-0.25, -0.2) is 0 Å². The SMILES string of the molecule is CCCC1CC1(O)c1cnn(C)n1. The molecule has 1 fully saturated rings. The van der Waals surface area contributed by atoms with Crippen molar-refractivity contribution in [2.24, 2.45) is 13.0 Å². The van der Waals surface area contributed by atoms with E-state index in [9.17, 15) is 5.11 Å². The Hall–Kier alpha value is -0.900. The first-order valence-electron chi connectivity index (χ1n) is 4.76. The van der Waals surface area contributed by atoms with Gasteiger partial charge in [0.15, 0.2) is 0 Å². The Labute approximate surface area is 77.6 Å². The zero-order chi connectivity index (χ0) is 9.47. The van der Waals surface area contributed by atoms with Crippen LogP contribution in [-0.2, 0) is 12.6 Å². The topological polar surface area (TPSA) is 50.9 Å². The molecule has 1 aliphatic carbocycles. The molecule has 0 aliphatic heterocycles. The van der Waals surface area contributed by atoms with E-state index in [1.807, 2.05) is 0 Å². The molecule has 0 aromatic carbocycles. The number of aliphatic hydroxyl groups is 1. The Bertz CT molecular complexity index is 310. The number of aryl methyl sites for hydroxylation is 1. The van der Waals surface area contributed by atoms with E-state index in [0.29, 0.717) is 5.92 Å². The molecule has 0 radical (unpaired) electrons. The normalized spacial score (nSPS) is 32.1. The molecule has 0 bridgehead atoms. The largest absolute Gasteiger partial charge is 0.383 e. The summed E-state index contributed by atoms with van der Waals surface area (Å²) in [6.07, 6.45) is 4.70. The average molecular weight is 181 g/mol. The minimum Gasteiger partial charge on any atom is -0.383 e. The molecule has 1 aromatic heterocycles. The number of nitrogens with zero attached hydrogens (tertiary/aromatic N) is 3. The first kappa shape index (κ1) is 8.69. The van der Waals surface area contributed by atoms with Crippen LogP contribution in [0.2, 0.25) is 0 Å². The lowest BCUT2D eigenvalue weighted by molar-refractivity contribution is 0.123. The van der Waals surface area contributed by atoms with E-state index in [2.05, 4.69) is 17.1 Å². The van der Waals surface area contributed by atoms with Crippen LogP contribution in [0.5, 0.6) is 0 Å². The predicted molar refractivity (Wildman–Crippen MR) is 47.9 cm³/mol. The van der Waals surface area contributed by atoms with Gasteiger partial charge in [-0.1, -0.05) is 13.3 Å². The van der Waals surface area contributed by atoms with Crippen LogP contribution < -0.4 is 0 Å². The Morgan fingerprint density at radius 3 is 3.08 bits per heavy atom. The van der Waals surface area contributed by atoms with Crippen LogP contribution in [0.3, 0.4) is 0 Å². The van der Waals surface area contributed by atoms with Crippen molar-refractivity contribution in [3.8, 4) is 0 Å². The lowest BCUT2D eigenvalue weighted by Gasteiger charge is -2.04. The fraction of sp³-hybridized carbons (Fsp3) is 0.778. The molecule has 1 aromatic rings. The molecule has 13 heavy (non-hydrogen) atoms. The van der Waals surface area contributed by atoms with E-state index in [-0.39, 0.29) is 0 Å². The molecule has 0 saturated heterocycles. The van der Waals surface area contributed by atoms with Crippen molar-refractivity contribution >= 4 is 0 Å². The summed E-state index contributed by atoms with van der Waals surface area (Å²) < 4.78 is 0. The van der Waals surface area contributed by atoms with Gasteiger partial charge in [-0.05, 0) is 18.8 Å². The third kappa shape index (κ3) is 1.35. The van der Waals surface area contributed by atoms with E-state index in [1.54, 1.807) is 13.2 Å². The van der Waals surface area contributed by atoms with E-state index in [4.69, 9.17) is 0 Å². The van der Waals surface area contributed by atoms with Gasteiger partial charge in [0.25, 0.3) is 0 Å². The van der Waals surface area contributed by atoms with Crippen molar-refractivity contribution < 1.29 is 5.11 Å². The Morgan fingerprint density at radius 2 is 2.54 bits per heavy atom. The first-order valence-corrected chi connectivity index (χ1v) is 4.76. The van der Waals surface area contributed by atoms with Gasteiger partial charge in [-0.3, -0.25) is 0 Å².